The van der Waals surface area contributed by atoms with E-state index in [0.717, 1.165) is 43.5 Å². The number of nitrogens with zero attached hydrogens (tertiary/aromatic N) is 2. The van der Waals surface area contributed by atoms with Crippen molar-refractivity contribution >= 4 is 21.9 Å². The molecule has 0 bridgehead atoms. The summed E-state index contributed by atoms with van der Waals surface area (Å²) in [5.74, 6) is -0.220. The van der Waals surface area contributed by atoms with Crippen LogP contribution in [0.2, 0.25) is 0 Å². The van der Waals surface area contributed by atoms with Crippen LogP contribution >= 0.6 is 15.9 Å². The third kappa shape index (κ3) is 5.59. The van der Waals surface area contributed by atoms with Gasteiger partial charge in [0, 0.05) is 17.1 Å². The first-order valence-electron chi connectivity index (χ1n) is 8.43. The number of piperidine rings is 1. The van der Waals surface area contributed by atoms with E-state index in [1.165, 1.54) is 5.56 Å². The molecule has 4 nitrogen and oxygen atoms in total. The number of rotatable bonds is 7. The predicted octanol–water partition coefficient (Wildman–Crippen LogP) is 3.42. The van der Waals surface area contributed by atoms with E-state index >= 15 is 0 Å². The van der Waals surface area contributed by atoms with Crippen molar-refractivity contribution in [2.45, 2.75) is 38.6 Å². The quantitative estimate of drug-likeness (QED) is 0.784. The zero-order valence-corrected chi connectivity index (χ0v) is 15.6. The van der Waals surface area contributed by atoms with Gasteiger partial charge < -0.3 is 10.0 Å². The molecule has 1 heterocycles. The molecule has 1 aromatic rings. The second-order valence-corrected chi connectivity index (χ2v) is 7.36. The van der Waals surface area contributed by atoms with Gasteiger partial charge in [0.25, 0.3) is 0 Å². The molecule has 0 radical (unpaired) electrons. The zero-order valence-electron chi connectivity index (χ0n) is 14.0. The van der Waals surface area contributed by atoms with Crippen molar-refractivity contribution in [3.63, 3.8) is 0 Å². The number of carboxylic acid groups (broad SMARTS) is 1. The van der Waals surface area contributed by atoms with Crippen LogP contribution in [0.15, 0.2) is 28.7 Å². The van der Waals surface area contributed by atoms with Crippen molar-refractivity contribution in [1.82, 2.24) is 9.80 Å². The third-order valence-corrected chi connectivity index (χ3v) is 5.26. The Morgan fingerprint density at radius 2 is 2.13 bits per heavy atom. The molecule has 5 heteroatoms. The molecule has 0 spiro atoms. The molecule has 1 N–H and O–H groups in total. The Hall–Kier alpha value is -0.910. The van der Waals surface area contributed by atoms with Gasteiger partial charge in [-0.1, -0.05) is 41.9 Å². The monoisotopic (exact) mass is 382 g/mol. The molecule has 1 atom stereocenters. The lowest BCUT2D eigenvalue weighted by molar-refractivity contribution is -0.139. The number of carbonyl (C=O) groups is 1. The normalized spacial score (nSPS) is 18.3. The van der Waals surface area contributed by atoms with E-state index < -0.39 is 5.97 Å². The summed E-state index contributed by atoms with van der Waals surface area (Å²) in [5, 5.41) is 9.01. The summed E-state index contributed by atoms with van der Waals surface area (Å²) in [6.07, 6.45) is 2.12. The fraction of sp³-hybridized carbons (Fsp3) is 0.611. The number of hydrogen-bond acceptors (Lipinski definition) is 3. The van der Waals surface area contributed by atoms with Crippen LogP contribution in [0.1, 0.15) is 38.2 Å². The number of aliphatic carboxylic acids is 1. The largest absolute Gasteiger partial charge is 0.480 e. The highest BCUT2D eigenvalue weighted by Crippen LogP contribution is 2.23. The van der Waals surface area contributed by atoms with E-state index in [4.69, 9.17) is 5.11 Å². The molecule has 0 aliphatic carbocycles. The van der Waals surface area contributed by atoms with E-state index in [1.807, 2.05) is 6.92 Å². The first-order chi connectivity index (χ1) is 11.0. The molecule has 1 aliphatic rings. The molecule has 1 unspecified atom stereocenters. The van der Waals surface area contributed by atoms with Crippen molar-refractivity contribution < 1.29 is 9.90 Å². The maximum atomic E-state index is 10.9. The topological polar surface area (TPSA) is 43.8 Å². The maximum absolute atomic E-state index is 10.9. The van der Waals surface area contributed by atoms with Gasteiger partial charge in [0.2, 0.25) is 0 Å². The van der Waals surface area contributed by atoms with Crippen LogP contribution in [0.25, 0.3) is 0 Å². The molecule has 2 rings (SSSR count). The first-order valence-corrected chi connectivity index (χ1v) is 9.22. The molecule has 1 saturated heterocycles. The molecule has 0 amide bonds. The fourth-order valence-corrected chi connectivity index (χ4v) is 3.86. The van der Waals surface area contributed by atoms with Crippen LogP contribution in [0.3, 0.4) is 0 Å². The van der Waals surface area contributed by atoms with E-state index in [2.05, 4.69) is 56.9 Å². The Morgan fingerprint density at radius 3 is 2.70 bits per heavy atom. The maximum Gasteiger partial charge on any atom is 0.317 e. The Morgan fingerprint density at radius 1 is 1.43 bits per heavy atom. The Kier molecular flexibility index (Phi) is 7.06. The molecule has 1 aliphatic heterocycles. The van der Waals surface area contributed by atoms with E-state index in [9.17, 15) is 4.79 Å². The molecule has 0 saturated carbocycles. The summed E-state index contributed by atoms with van der Waals surface area (Å²) in [5.41, 5.74) is 1.36. The smallest absolute Gasteiger partial charge is 0.317 e. The highest BCUT2D eigenvalue weighted by atomic mass is 79.9. The van der Waals surface area contributed by atoms with Gasteiger partial charge >= 0.3 is 5.97 Å². The number of halogens is 1. The van der Waals surface area contributed by atoms with Gasteiger partial charge in [-0.25, -0.2) is 0 Å². The zero-order chi connectivity index (χ0) is 16.8. The van der Waals surface area contributed by atoms with Crippen molar-refractivity contribution in [2.75, 3.05) is 32.7 Å². The van der Waals surface area contributed by atoms with Crippen LogP contribution < -0.4 is 0 Å². The minimum atomic E-state index is -0.724. The van der Waals surface area contributed by atoms with Gasteiger partial charge in [0.15, 0.2) is 0 Å². The lowest BCUT2D eigenvalue weighted by Crippen LogP contribution is -2.47. The Labute approximate surface area is 147 Å². The second kappa shape index (κ2) is 8.81. The standard InChI is InChI=1S/C18H27BrN2O2/c1-3-21(13-18(22)23)17-7-9-20(10-8-17)12-14(2)15-5-4-6-16(19)11-15/h4-6,11,14,17H,3,7-10,12-13H2,1-2H3,(H,22,23). The van der Waals surface area contributed by atoms with Crippen LogP contribution in [0, 0.1) is 0 Å². The van der Waals surface area contributed by atoms with Gasteiger partial charge in [-0.05, 0) is 56.1 Å². The molecule has 1 fully saturated rings. The summed E-state index contributed by atoms with van der Waals surface area (Å²) < 4.78 is 1.13. The Bertz CT molecular complexity index is 515. The minimum absolute atomic E-state index is 0.162. The van der Waals surface area contributed by atoms with Crippen molar-refractivity contribution in [1.29, 1.82) is 0 Å². The van der Waals surface area contributed by atoms with Crippen LogP contribution in [-0.2, 0) is 4.79 Å². The summed E-state index contributed by atoms with van der Waals surface area (Å²) in [4.78, 5) is 15.6. The molecule has 128 valence electrons. The lowest BCUT2D eigenvalue weighted by atomic mass is 9.98. The van der Waals surface area contributed by atoms with Crippen molar-refractivity contribution in [3.8, 4) is 0 Å². The van der Waals surface area contributed by atoms with Crippen LogP contribution in [0.5, 0.6) is 0 Å². The van der Waals surface area contributed by atoms with E-state index in [0.29, 0.717) is 12.0 Å². The molecular formula is C18H27BrN2O2. The molecule has 23 heavy (non-hydrogen) atoms. The first kappa shape index (κ1) is 18.4. The SMILES string of the molecule is CCN(CC(=O)O)C1CCN(CC(C)c2cccc(Br)c2)CC1. The number of hydrogen-bond donors (Lipinski definition) is 1. The highest BCUT2D eigenvalue weighted by Gasteiger charge is 2.25. The average molecular weight is 383 g/mol. The second-order valence-electron chi connectivity index (χ2n) is 6.44. The van der Waals surface area contributed by atoms with Crippen LogP contribution in [-0.4, -0.2) is 59.6 Å². The number of carboxylic acids is 1. The number of likely N-dealkylation sites (tertiary alicyclic amines) is 1. The lowest BCUT2D eigenvalue weighted by Gasteiger charge is -2.38. The minimum Gasteiger partial charge on any atom is -0.480 e. The summed E-state index contributed by atoms with van der Waals surface area (Å²) in [6, 6.07) is 8.95. The molecule has 0 aromatic heterocycles. The van der Waals surface area contributed by atoms with E-state index in [-0.39, 0.29) is 6.54 Å². The van der Waals surface area contributed by atoms with Gasteiger partial charge in [-0.2, -0.15) is 0 Å². The molecular weight excluding hydrogens is 356 g/mol. The van der Waals surface area contributed by atoms with Crippen molar-refractivity contribution in [3.05, 3.63) is 34.3 Å². The van der Waals surface area contributed by atoms with Gasteiger partial charge in [-0.15, -0.1) is 0 Å². The summed E-state index contributed by atoms with van der Waals surface area (Å²) in [7, 11) is 0. The predicted molar refractivity (Wildman–Crippen MR) is 96.9 cm³/mol. The van der Waals surface area contributed by atoms with Gasteiger partial charge in [0.05, 0.1) is 6.54 Å². The summed E-state index contributed by atoms with van der Waals surface area (Å²) in [6.45, 7) is 8.47. The fourth-order valence-electron chi connectivity index (χ4n) is 3.45. The van der Waals surface area contributed by atoms with Crippen molar-refractivity contribution in [2.24, 2.45) is 0 Å². The molecule has 1 aromatic carbocycles. The number of likely N-dealkylation sites (N-methyl/N-ethyl adjacent to an activating group) is 1. The van der Waals surface area contributed by atoms with Gasteiger partial charge in [-0.3, -0.25) is 9.69 Å². The third-order valence-electron chi connectivity index (χ3n) is 4.77. The summed E-state index contributed by atoms with van der Waals surface area (Å²) >= 11 is 3.54. The number of benzene rings is 1. The van der Waals surface area contributed by atoms with Gasteiger partial charge in [0.1, 0.15) is 0 Å². The highest BCUT2D eigenvalue weighted by molar-refractivity contribution is 9.10. The Balaban J connectivity index is 1.83. The van der Waals surface area contributed by atoms with Crippen LogP contribution in [0.4, 0.5) is 0 Å². The average Bonchev–Trinajstić information content (AvgIpc) is 2.53. The van der Waals surface area contributed by atoms with E-state index in [1.54, 1.807) is 0 Å².